The third kappa shape index (κ3) is 2.94. The van der Waals surface area contributed by atoms with Gasteiger partial charge in [0.05, 0.1) is 18.5 Å². The second-order valence-corrected chi connectivity index (χ2v) is 5.39. The first-order valence-electron chi connectivity index (χ1n) is 7.12. The van der Waals surface area contributed by atoms with Gasteiger partial charge in [-0.1, -0.05) is 30.3 Å². The Morgan fingerprint density at radius 1 is 1.24 bits per heavy atom. The van der Waals surface area contributed by atoms with Crippen molar-refractivity contribution in [3.8, 4) is 5.75 Å². The van der Waals surface area contributed by atoms with Crippen molar-refractivity contribution in [3.63, 3.8) is 0 Å². The van der Waals surface area contributed by atoms with E-state index in [-0.39, 0.29) is 5.75 Å². The van der Waals surface area contributed by atoms with E-state index in [1.54, 1.807) is 6.07 Å². The molecule has 3 nitrogen and oxygen atoms in total. The molecule has 110 valence electrons. The molecule has 1 aliphatic rings. The minimum atomic E-state index is -0.422. The Morgan fingerprint density at radius 2 is 1.95 bits per heavy atom. The highest BCUT2D eigenvalue weighted by atomic mass is 19.1. The summed E-state index contributed by atoms with van der Waals surface area (Å²) in [5.74, 6) is -0.188. The second kappa shape index (κ2) is 5.64. The second-order valence-electron chi connectivity index (χ2n) is 5.39. The van der Waals surface area contributed by atoms with Crippen molar-refractivity contribution in [2.45, 2.75) is 25.4 Å². The van der Waals surface area contributed by atoms with E-state index in [1.807, 2.05) is 18.2 Å². The third-order valence-electron chi connectivity index (χ3n) is 3.79. The smallest absolute Gasteiger partial charge is 0.167 e. The summed E-state index contributed by atoms with van der Waals surface area (Å²) in [4.78, 5) is 2.24. The standard InChI is InChI=1S/C17H19FN2O/c1-21-17-10-16(15(19)9-14(17)18)20(13-7-8-13)11-12-5-3-2-4-6-12/h2-6,9-10,13H,7-8,11,19H2,1H3. The van der Waals surface area contributed by atoms with Gasteiger partial charge in [-0.15, -0.1) is 0 Å². The molecule has 1 saturated carbocycles. The molecular weight excluding hydrogens is 267 g/mol. The fraction of sp³-hybridized carbons (Fsp3) is 0.294. The monoisotopic (exact) mass is 286 g/mol. The molecule has 1 aliphatic carbocycles. The largest absolute Gasteiger partial charge is 0.494 e. The van der Waals surface area contributed by atoms with Gasteiger partial charge in [0.1, 0.15) is 0 Å². The van der Waals surface area contributed by atoms with Crippen LogP contribution in [-0.4, -0.2) is 13.2 Å². The molecule has 2 aromatic rings. The molecule has 0 aromatic heterocycles. The van der Waals surface area contributed by atoms with Crippen molar-refractivity contribution in [2.75, 3.05) is 17.7 Å². The number of nitrogen functional groups attached to an aromatic ring is 1. The average Bonchev–Trinajstić information content (AvgIpc) is 3.31. The topological polar surface area (TPSA) is 38.5 Å². The van der Waals surface area contributed by atoms with Crippen LogP contribution in [0, 0.1) is 5.82 Å². The maximum Gasteiger partial charge on any atom is 0.167 e. The molecular formula is C17H19FN2O. The molecule has 4 heteroatoms. The van der Waals surface area contributed by atoms with Gasteiger partial charge in [0, 0.05) is 24.7 Å². The molecule has 0 unspecified atom stereocenters. The zero-order valence-electron chi connectivity index (χ0n) is 12.1. The lowest BCUT2D eigenvalue weighted by atomic mass is 10.1. The summed E-state index contributed by atoms with van der Waals surface area (Å²) in [6.45, 7) is 0.768. The number of halogens is 1. The highest BCUT2D eigenvalue weighted by Gasteiger charge is 2.31. The Balaban J connectivity index is 1.94. The van der Waals surface area contributed by atoms with Gasteiger partial charge in [-0.25, -0.2) is 4.39 Å². The molecule has 0 aliphatic heterocycles. The number of nitrogens with two attached hydrogens (primary N) is 1. The van der Waals surface area contributed by atoms with Crippen LogP contribution in [0.25, 0.3) is 0 Å². The minimum Gasteiger partial charge on any atom is -0.494 e. The number of hydrogen-bond acceptors (Lipinski definition) is 3. The summed E-state index contributed by atoms with van der Waals surface area (Å²) in [6.07, 6.45) is 2.29. The fourth-order valence-electron chi connectivity index (χ4n) is 2.54. The van der Waals surface area contributed by atoms with Gasteiger partial charge in [0.2, 0.25) is 0 Å². The maximum atomic E-state index is 13.7. The number of anilines is 2. The lowest BCUT2D eigenvalue weighted by Gasteiger charge is -2.27. The number of nitrogens with zero attached hydrogens (tertiary/aromatic N) is 1. The van der Waals surface area contributed by atoms with Gasteiger partial charge < -0.3 is 15.4 Å². The van der Waals surface area contributed by atoms with E-state index in [9.17, 15) is 4.39 Å². The zero-order valence-corrected chi connectivity index (χ0v) is 12.1. The van der Waals surface area contributed by atoms with Gasteiger partial charge >= 0.3 is 0 Å². The molecule has 0 bridgehead atoms. The van der Waals surface area contributed by atoms with Crippen LogP contribution in [0.2, 0.25) is 0 Å². The predicted octanol–water partition coefficient (Wildman–Crippen LogP) is 3.59. The van der Waals surface area contributed by atoms with Crippen LogP contribution in [0.4, 0.5) is 15.8 Å². The summed E-state index contributed by atoms with van der Waals surface area (Å²) in [7, 11) is 1.47. The van der Waals surface area contributed by atoms with Crippen LogP contribution in [0.1, 0.15) is 18.4 Å². The maximum absolute atomic E-state index is 13.7. The minimum absolute atomic E-state index is 0.234. The molecule has 21 heavy (non-hydrogen) atoms. The van der Waals surface area contributed by atoms with Crippen LogP contribution in [-0.2, 0) is 6.54 Å². The Hall–Kier alpha value is -2.23. The average molecular weight is 286 g/mol. The Labute approximate surface area is 124 Å². The Bertz CT molecular complexity index is 626. The summed E-state index contributed by atoms with van der Waals surface area (Å²) >= 11 is 0. The van der Waals surface area contributed by atoms with Crippen LogP contribution in [0.3, 0.4) is 0 Å². The van der Waals surface area contributed by atoms with Crippen molar-refractivity contribution in [3.05, 3.63) is 53.8 Å². The normalized spacial score (nSPS) is 14.0. The van der Waals surface area contributed by atoms with Crippen LogP contribution in [0.5, 0.6) is 5.75 Å². The highest BCUT2D eigenvalue weighted by Crippen LogP contribution is 2.38. The lowest BCUT2D eigenvalue weighted by molar-refractivity contribution is 0.386. The van der Waals surface area contributed by atoms with E-state index in [2.05, 4.69) is 17.0 Å². The fourth-order valence-corrected chi connectivity index (χ4v) is 2.54. The van der Waals surface area contributed by atoms with Crippen molar-refractivity contribution in [2.24, 2.45) is 0 Å². The first-order chi connectivity index (χ1) is 10.2. The molecule has 0 amide bonds. The predicted molar refractivity (Wildman–Crippen MR) is 83.0 cm³/mol. The van der Waals surface area contributed by atoms with Gasteiger partial charge in [-0.2, -0.15) is 0 Å². The van der Waals surface area contributed by atoms with E-state index in [1.165, 1.54) is 18.7 Å². The number of rotatable bonds is 5. The Morgan fingerprint density at radius 3 is 2.57 bits per heavy atom. The van der Waals surface area contributed by atoms with Gasteiger partial charge in [-0.05, 0) is 18.4 Å². The lowest BCUT2D eigenvalue weighted by Crippen LogP contribution is -2.26. The summed E-state index contributed by atoms with van der Waals surface area (Å²) < 4.78 is 18.8. The van der Waals surface area contributed by atoms with E-state index in [0.717, 1.165) is 25.1 Å². The van der Waals surface area contributed by atoms with Crippen molar-refractivity contribution >= 4 is 11.4 Å². The molecule has 0 saturated heterocycles. The highest BCUT2D eigenvalue weighted by molar-refractivity contribution is 5.71. The van der Waals surface area contributed by atoms with Crippen LogP contribution >= 0.6 is 0 Å². The van der Waals surface area contributed by atoms with Crippen molar-refractivity contribution in [1.29, 1.82) is 0 Å². The van der Waals surface area contributed by atoms with Gasteiger partial charge in [0.15, 0.2) is 11.6 Å². The molecule has 0 radical (unpaired) electrons. The van der Waals surface area contributed by atoms with Crippen LogP contribution in [0.15, 0.2) is 42.5 Å². The van der Waals surface area contributed by atoms with E-state index < -0.39 is 5.82 Å². The van der Waals surface area contributed by atoms with E-state index in [0.29, 0.717) is 11.7 Å². The summed E-state index contributed by atoms with van der Waals surface area (Å²) in [6, 6.07) is 13.7. The van der Waals surface area contributed by atoms with E-state index in [4.69, 9.17) is 10.5 Å². The third-order valence-corrected chi connectivity index (χ3v) is 3.79. The molecule has 2 N–H and O–H groups in total. The van der Waals surface area contributed by atoms with Crippen LogP contribution < -0.4 is 15.4 Å². The summed E-state index contributed by atoms with van der Waals surface area (Å²) in [5, 5.41) is 0. The first kappa shape index (κ1) is 13.7. The molecule has 3 rings (SSSR count). The number of hydrogen-bond donors (Lipinski definition) is 1. The molecule has 2 aromatic carbocycles. The zero-order chi connectivity index (χ0) is 14.8. The quantitative estimate of drug-likeness (QED) is 0.854. The Kier molecular flexibility index (Phi) is 3.69. The number of benzene rings is 2. The SMILES string of the molecule is COc1cc(N(Cc2ccccc2)C2CC2)c(N)cc1F. The number of methoxy groups -OCH3 is 1. The summed E-state index contributed by atoms with van der Waals surface area (Å²) in [5.41, 5.74) is 8.54. The molecule has 0 heterocycles. The van der Waals surface area contributed by atoms with Gasteiger partial charge in [0.25, 0.3) is 0 Å². The molecule has 0 atom stereocenters. The van der Waals surface area contributed by atoms with Crippen molar-refractivity contribution < 1.29 is 9.13 Å². The van der Waals surface area contributed by atoms with Crippen molar-refractivity contribution in [1.82, 2.24) is 0 Å². The number of ether oxygens (including phenoxy) is 1. The van der Waals surface area contributed by atoms with Gasteiger partial charge in [-0.3, -0.25) is 0 Å². The molecule has 0 spiro atoms. The molecule has 1 fully saturated rings. The first-order valence-corrected chi connectivity index (χ1v) is 7.12. The van der Waals surface area contributed by atoms with E-state index >= 15 is 0 Å².